The van der Waals surface area contributed by atoms with E-state index < -0.39 is 34.1 Å². The summed E-state index contributed by atoms with van der Waals surface area (Å²) >= 11 is 6.30. The molecule has 1 aliphatic carbocycles. The summed E-state index contributed by atoms with van der Waals surface area (Å²) in [6.45, 7) is 11.1. The summed E-state index contributed by atoms with van der Waals surface area (Å²) in [5, 5.41) is 8.63. The number of hydrogen-bond donors (Lipinski definition) is 1. The van der Waals surface area contributed by atoms with Crippen molar-refractivity contribution in [3.05, 3.63) is 47.4 Å². The summed E-state index contributed by atoms with van der Waals surface area (Å²) in [4.78, 5) is 31.6. The molecule has 1 saturated heterocycles. The fourth-order valence-corrected chi connectivity index (χ4v) is 7.31. The van der Waals surface area contributed by atoms with Crippen LogP contribution in [0.15, 0.2) is 41.7 Å². The van der Waals surface area contributed by atoms with Crippen LogP contribution in [0.5, 0.6) is 5.88 Å². The second-order valence-corrected chi connectivity index (χ2v) is 16.4. The number of halogens is 4. The largest absolute Gasteiger partial charge is 0.477 e. The van der Waals surface area contributed by atoms with Crippen molar-refractivity contribution in [2.75, 3.05) is 13.2 Å². The number of aromatic nitrogens is 5. The molecule has 2 aliphatic rings. The summed E-state index contributed by atoms with van der Waals surface area (Å²) in [5.74, 6) is 0.156. The summed E-state index contributed by atoms with van der Waals surface area (Å²) in [7, 11) is -1.95. The zero-order chi connectivity index (χ0) is 37.2. The Morgan fingerprint density at radius 3 is 2.47 bits per heavy atom. The van der Waals surface area contributed by atoms with E-state index in [1.165, 1.54) is 16.8 Å². The fourth-order valence-electron chi connectivity index (χ4n) is 6.33. The van der Waals surface area contributed by atoms with E-state index in [-0.39, 0.29) is 71.4 Å². The van der Waals surface area contributed by atoms with Gasteiger partial charge in [0.1, 0.15) is 10.8 Å². The lowest BCUT2D eigenvalue weighted by Crippen LogP contribution is -2.45. The van der Waals surface area contributed by atoms with Gasteiger partial charge in [-0.3, -0.25) is 14.2 Å². The normalized spacial score (nSPS) is 18.8. The predicted molar refractivity (Wildman–Crippen MR) is 184 cm³/mol. The molecule has 51 heavy (non-hydrogen) atoms. The minimum Gasteiger partial charge on any atom is -0.477 e. The van der Waals surface area contributed by atoms with Gasteiger partial charge in [-0.15, -0.1) is 5.10 Å². The number of amides is 2. The van der Waals surface area contributed by atoms with Gasteiger partial charge >= 0.3 is 12.3 Å². The highest BCUT2D eigenvalue weighted by Crippen LogP contribution is 2.60. The lowest BCUT2D eigenvalue weighted by atomic mass is 9.93. The van der Waals surface area contributed by atoms with Crippen molar-refractivity contribution in [1.29, 1.82) is 0 Å². The smallest absolute Gasteiger partial charge is 0.410 e. The van der Waals surface area contributed by atoms with Gasteiger partial charge in [-0.05, 0) is 104 Å². The van der Waals surface area contributed by atoms with E-state index in [0.717, 1.165) is 25.7 Å². The van der Waals surface area contributed by atoms with Gasteiger partial charge in [0.2, 0.25) is 5.88 Å². The van der Waals surface area contributed by atoms with Crippen LogP contribution in [-0.2, 0) is 22.3 Å². The Kier molecular flexibility index (Phi) is 11.4. The highest BCUT2D eigenvalue weighted by molar-refractivity contribution is 7.83. The summed E-state index contributed by atoms with van der Waals surface area (Å²) in [6, 6.07) is 6.04. The van der Waals surface area contributed by atoms with Crippen LogP contribution >= 0.6 is 11.6 Å². The van der Waals surface area contributed by atoms with Crippen LogP contribution in [0.3, 0.4) is 0 Å². The molecule has 17 heteroatoms. The van der Waals surface area contributed by atoms with Crippen LogP contribution in [0.2, 0.25) is 5.15 Å². The first kappa shape index (κ1) is 38.6. The van der Waals surface area contributed by atoms with Crippen LogP contribution < -0.4 is 9.46 Å². The molecule has 0 radical (unpaired) electrons. The molecular formula is C34H45ClF3N7O5S. The number of nitrogens with zero attached hydrogens (tertiary/aromatic N) is 6. The van der Waals surface area contributed by atoms with Crippen molar-refractivity contribution in [2.45, 2.75) is 115 Å². The molecule has 280 valence electrons. The third kappa shape index (κ3) is 9.82. The number of pyridine rings is 1. The second kappa shape index (κ2) is 15.1. The molecule has 5 rings (SSSR count). The van der Waals surface area contributed by atoms with E-state index in [2.05, 4.69) is 33.8 Å². The lowest BCUT2D eigenvalue weighted by Gasteiger charge is -2.33. The minimum atomic E-state index is -4.19. The zero-order valence-electron chi connectivity index (χ0n) is 29.5. The van der Waals surface area contributed by atoms with E-state index in [1.54, 1.807) is 29.2 Å². The van der Waals surface area contributed by atoms with Gasteiger partial charge in [0.25, 0.3) is 5.91 Å². The van der Waals surface area contributed by atoms with Crippen LogP contribution in [0.25, 0.3) is 5.82 Å². The molecule has 4 heterocycles. The summed E-state index contributed by atoms with van der Waals surface area (Å²) in [6.07, 6.45) is 3.00. The number of hydrogen-bond acceptors (Lipinski definition) is 8. The van der Waals surface area contributed by atoms with Gasteiger partial charge in [-0.1, -0.05) is 18.0 Å². The van der Waals surface area contributed by atoms with Crippen molar-refractivity contribution in [2.24, 2.45) is 11.3 Å². The van der Waals surface area contributed by atoms with Crippen molar-refractivity contribution < 1.29 is 36.4 Å². The van der Waals surface area contributed by atoms with Crippen molar-refractivity contribution in [3.63, 3.8) is 0 Å². The van der Waals surface area contributed by atoms with Gasteiger partial charge in [0, 0.05) is 37.1 Å². The molecule has 3 aromatic heterocycles. The van der Waals surface area contributed by atoms with Gasteiger partial charge in [0.15, 0.2) is 21.8 Å². The highest BCUT2D eigenvalue weighted by Gasteiger charge is 2.62. The molecular weight excluding hydrogens is 711 g/mol. The van der Waals surface area contributed by atoms with E-state index in [9.17, 15) is 27.0 Å². The number of likely N-dealkylation sites (tertiary alicyclic amines) is 1. The molecule has 2 fully saturated rings. The number of unbranched alkanes of at least 4 members (excludes halogenated alkanes) is 1. The van der Waals surface area contributed by atoms with Crippen LogP contribution in [0.4, 0.5) is 18.0 Å². The minimum absolute atomic E-state index is 0.00387. The Morgan fingerprint density at radius 2 is 1.80 bits per heavy atom. The number of nitrogens with one attached hydrogen (secondary N) is 1. The molecule has 0 bridgehead atoms. The van der Waals surface area contributed by atoms with Gasteiger partial charge < -0.3 is 14.4 Å². The number of rotatable bonds is 14. The van der Waals surface area contributed by atoms with Crippen molar-refractivity contribution in [3.8, 4) is 11.7 Å². The standard InChI is InChI=1S/C34H45ClF3N7O5S/c1-31(2,3)50-30(47)44-22-23(21-32(44,4)5)9-6-7-17-43-18-13-27(41-43)51(48)42-29(46)24-10-11-25(39-28(24)35)45-19-12-26(40-45)49-20-8-14-33(15-16-33)34(36,37)38/h10-13,18-19,23H,6-9,14-17,20-22H2,1-5H3,(H,42,46). The first-order valence-corrected chi connectivity index (χ1v) is 18.6. The Bertz CT molecular complexity index is 1730. The van der Waals surface area contributed by atoms with Gasteiger partial charge in [-0.2, -0.15) is 18.3 Å². The maximum absolute atomic E-state index is 13.1. The monoisotopic (exact) mass is 755 g/mol. The molecule has 12 nitrogen and oxygen atoms in total. The number of aryl methyl sites for hydroxylation is 1. The molecule has 2 atom stereocenters. The zero-order valence-corrected chi connectivity index (χ0v) is 31.0. The van der Waals surface area contributed by atoms with Crippen molar-refractivity contribution in [1.82, 2.24) is 34.2 Å². The number of ether oxygens (including phenoxy) is 2. The van der Waals surface area contributed by atoms with Gasteiger partial charge in [-0.25, -0.2) is 18.7 Å². The SMILES string of the molecule is CC(C)(C)OC(=O)N1CC(CCCCn2ccc(S(=O)NC(=O)c3ccc(-n4ccc(OCCCC5(C(F)(F)F)CC5)n4)nc3Cl)n2)CC1(C)C. The summed E-state index contributed by atoms with van der Waals surface area (Å²) < 4.78 is 68.8. The molecule has 2 amide bonds. The van der Waals surface area contributed by atoms with E-state index in [4.69, 9.17) is 21.1 Å². The molecule has 3 aromatic rings. The van der Waals surface area contributed by atoms with Crippen LogP contribution in [0.1, 0.15) is 96.3 Å². The molecule has 1 aliphatic heterocycles. The third-order valence-corrected chi connectivity index (χ3v) is 10.5. The molecule has 0 aromatic carbocycles. The van der Waals surface area contributed by atoms with Crippen LogP contribution in [-0.4, -0.2) is 76.1 Å². The highest BCUT2D eigenvalue weighted by atomic mass is 35.5. The fraction of sp³-hybridized carbons (Fsp3) is 0.618. The first-order chi connectivity index (χ1) is 23.9. The Morgan fingerprint density at radius 1 is 1.06 bits per heavy atom. The predicted octanol–water partition coefficient (Wildman–Crippen LogP) is 7.28. The number of carbonyl (C=O) groups excluding carboxylic acids is 2. The van der Waals surface area contributed by atoms with E-state index in [0.29, 0.717) is 19.0 Å². The maximum atomic E-state index is 13.1. The average Bonchev–Trinajstić information content (AvgIpc) is 3.32. The Hall–Kier alpha value is -3.66. The molecule has 1 N–H and O–H groups in total. The summed E-state index contributed by atoms with van der Waals surface area (Å²) in [5.41, 5.74) is -2.38. The topological polar surface area (TPSA) is 133 Å². The van der Waals surface area contributed by atoms with Crippen molar-refractivity contribution >= 4 is 34.6 Å². The Balaban J connectivity index is 1.05. The average molecular weight is 756 g/mol. The van der Waals surface area contributed by atoms with E-state index in [1.807, 2.05) is 25.7 Å². The molecule has 1 saturated carbocycles. The lowest BCUT2D eigenvalue weighted by molar-refractivity contribution is -0.189. The van der Waals surface area contributed by atoms with E-state index >= 15 is 0 Å². The first-order valence-electron chi connectivity index (χ1n) is 17.0. The molecule has 0 spiro atoms. The molecule has 2 unspecified atom stereocenters. The third-order valence-electron chi connectivity index (χ3n) is 9.20. The van der Waals surface area contributed by atoms with Gasteiger partial charge in [0.05, 0.1) is 17.6 Å². The maximum Gasteiger partial charge on any atom is 0.410 e. The second-order valence-electron chi connectivity index (χ2n) is 14.9. The van der Waals surface area contributed by atoms with Crippen LogP contribution in [0, 0.1) is 11.3 Å². The number of carbonyl (C=O) groups is 2. The quantitative estimate of drug-likeness (QED) is 0.134. The Labute approximate surface area is 303 Å². The number of alkyl halides is 3.